The van der Waals surface area contributed by atoms with Crippen LogP contribution < -0.4 is 0 Å². The fourth-order valence-electron chi connectivity index (χ4n) is 2.57. The highest BCUT2D eigenvalue weighted by atomic mass is 35.5. The van der Waals surface area contributed by atoms with Crippen molar-refractivity contribution in [2.45, 2.75) is 6.42 Å². The van der Waals surface area contributed by atoms with E-state index in [4.69, 9.17) is 11.6 Å². The quantitative estimate of drug-likeness (QED) is 0.796. The van der Waals surface area contributed by atoms with E-state index in [9.17, 15) is 9.50 Å². The molecule has 4 rings (SSSR count). The minimum absolute atomic E-state index is 0.0247. The Morgan fingerprint density at radius 2 is 2.09 bits per heavy atom. The van der Waals surface area contributed by atoms with E-state index < -0.39 is 5.82 Å². The maximum atomic E-state index is 13.3. The minimum Gasteiger partial charge on any atom is -0.493 e. The molecule has 2 heterocycles. The Balaban J connectivity index is 1.86. The molecule has 0 atom stereocenters. The van der Waals surface area contributed by atoms with Gasteiger partial charge in [-0.25, -0.2) is 9.37 Å². The first-order chi connectivity index (χ1) is 11.1. The molecule has 23 heavy (non-hydrogen) atoms. The second kappa shape index (κ2) is 5.21. The Hall–Kier alpha value is -2.66. The van der Waals surface area contributed by atoms with Crippen molar-refractivity contribution < 1.29 is 9.50 Å². The summed E-state index contributed by atoms with van der Waals surface area (Å²) < 4.78 is 14.7. The summed E-state index contributed by atoms with van der Waals surface area (Å²) in [6.07, 6.45) is 7.71. The highest BCUT2D eigenvalue weighted by molar-refractivity contribution is 6.30. The third-order valence-corrected chi connectivity index (χ3v) is 4.09. The number of allylic oxidation sites excluding steroid dienone is 4. The van der Waals surface area contributed by atoms with Gasteiger partial charge in [-0.05, 0) is 17.7 Å². The van der Waals surface area contributed by atoms with Crippen LogP contribution >= 0.6 is 11.6 Å². The molecule has 0 amide bonds. The zero-order valence-electron chi connectivity index (χ0n) is 11.9. The summed E-state index contributed by atoms with van der Waals surface area (Å²) in [5.74, 6) is -0.443. The summed E-state index contributed by atoms with van der Waals surface area (Å²) in [5.41, 5.74) is 3.61. The second-order valence-corrected chi connectivity index (χ2v) is 5.68. The smallest absolute Gasteiger partial charge is 0.219 e. The molecule has 0 fully saturated rings. The summed E-state index contributed by atoms with van der Waals surface area (Å²) in [5, 5.41) is 14.7. The molecule has 0 saturated heterocycles. The number of aromatic nitrogens is 3. The predicted molar refractivity (Wildman–Crippen MR) is 86.0 cm³/mol. The van der Waals surface area contributed by atoms with Crippen LogP contribution in [-0.4, -0.2) is 19.7 Å². The summed E-state index contributed by atoms with van der Waals surface area (Å²) >= 11 is 5.85. The van der Waals surface area contributed by atoms with Crippen molar-refractivity contribution >= 4 is 22.8 Å². The largest absolute Gasteiger partial charge is 0.493 e. The van der Waals surface area contributed by atoms with Gasteiger partial charge in [-0.1, -0.05) is 35.9 Å². The van der Waals surface area contributed by atoms with Gasteiger partial charge >= 0.3 is 0 Å². The van der Waals surface area contributed by atoms with Crippen LogP contribution in [0.2, 0.25) is 5.02 Å². The molecule has 0 bridgehead atoms. The number of nitrogens with zero attached hydrogens (tertiary/aromatic N) is 3. The molecule has 0 radical (unpaired) electrons. The number of benzene rings is 1. The Morgan fingerprint density at radius 1 is 1.26 bits per heavy atom. The highest BCUT2D eigenvalue weighted by Crippen LogP contribution is 2.32. The van der Waals surface area contributed by atoms with Gasteiger partial charge in [0.1, 0.15) is 5.82 Å². The third kappa shape index (κ3) is 2.29. The van der Waals surface area contributed by atoms with Crippen LogP contribution in [0, 0.1) is 5.82 Å². The van der Waals surface area contributed by atoms with E-state index in [1.54, 1.807) is 24.4 Å². The summed E-state index contributed by atoms with van der Waals surface area (Å²) in [7, 11) is 0. The normalized spacial score (nSPS) is 13.2. The lowest BCUT2D eigenvalue weighted by Crippen LogP contribution is -2.05. The van der Waals surface area contributed by atoms with Crippen molar-refractivity contribution in [3.05, 3.63) is 76.4 Å². The molecule has 4 nitrogen and oxygen atoms in total. The lowest BCUT2D eigenvalue weighted by molar-refractivity contribution is 0.428. The maximum absolute atomic E-state index is 13.3. The fraction of sp³-hybridized carbons (Fsp3) is 0.0588. The van der Waals surface area contributed by atoms with Crippen molar-refractivity contribution in [3.8, 4) is 5.88 Å². The molecule has 0 saturated carbocycles. The number of fused-ring (bicyclic) bond motifs is 1. The standard InChI is InChI=1S/C17H11ClFN3O/c18-13-9-10(4-5-14(13)19)8-12-16(11-2-1-3-11)21-15-6-7-20-22(15)17(12)23/h1-7,9,23H,8H2. The topological polar surface area (TPSA) is 50.4 Å². The van der Waals surface area contributed by atoms with Gasteiger partial charge in [-0.2, -0.15) is 9.61 Å². The Labute approximate surface area is 136 Å². The molecular weight excluding hydrogens is 317 g/mol. The van der Waals surface area contributed by atoms with Crippen LogP contribution in [0.4, 0.5) is 4.39 Å². The lowest BCUT2D eigenvalue weighted by atomic mass is 9.96. The van der Waals surface area contributed by atoms with Gasteiger partial charge in [0.25, 0.3) is 0 Å². The van der Waals surface area contributed by atoms with E-state index in [1.165, 1.54) is 10.6 Å². The second-order valence-electron chi connectivity index (χ2n) is 5.27. The Kier molecular flexibility index (Phi) is 3.16. The Morgan fingerprint density at radius 3 is 2.78 bits per heavy atom. The van der Waals surface area contributed by atoms with Gasteiger partial charge < -0.3 is 5.11 Å². The fourth-order valence-corrected chi connectivity index (χ4v) is 2.77. The van der Waals surface area contributed by atoms with E-state index in [2.05, 4.69) is 10.1 Å². The number of hydrogen-bond acceptors (Lipinski definition) is 3. The SMILES string of the molecule is Oc1c(Cc2ccc(F)c(Cl)c2)c(C2=CC=C2)nc2ccnn12. The molecule has 1 aromatic carbocycles. The van der Waals surface area contributed by atoms with Gasteiger partial charge in [0.2, 0.25) is 5.88 Å². The zero-order valence-corrected chi connectivity index (χ0v) is 12.6. The van der Waals surface area contributed by atoms with E-state index in [0.717, 1.165) is 11.1 Å². The minimum atomic E-state index is -0.467. The average Bonchev–Trinajstić information content (AvgIpc) is 2.93. The van der Waals surface area contributed by atoms with Crippen molar-refractivity contribution in [1.29, 1.82) is 0 Å². The molecule has 1 N–H and O–H groups in total. The van der Waals surface area contributed by atoms with Crippen molar-refractivity contribution in [1.82, 2.24) is 14.6 Å². The molecule has 0 spiro atoms. The first-order valence-electron chi connectivity index (χ1n) is 7.02. The van der Waals surface area contributed by atoms with Gasteiger partial charge in [-0.3, -0.25) is 0 Å². The van der Waals surface area contributed by atoms with Crippen LogP contribution in [-0.2, 0) is 6.42 Å². The van der Waals surface area contributed by atoms with Gasteiger partial charge in [0.05, 0.1) is 16.9 Å². The predicted octanol–water partition coefficient (Wildman–Crippen LogP) is 3.77. The number of halogens is 2. The van der Waals surface area contributed by atoms with Crippen LogP contribution in [0.25, 0.3) is 11.2 Å². The van der Waals surface area contributed by atoms with Gasteiger partial charge in [0.15, 0.2) is 5.65 Å². The van der Waals surface area contributed by atoms with E-state index in [0.29, 0.717) is 23.3 Å². The molecule has 3 aromatic rings. The number of hydrogen-bond donors (Lipinski definition) is 1. The van der Waals surface area contributed by atoms with Crippen LogP contribution in [0.1, 0.15) is 16.8 Å². The van der Waals surface area contributed by atoms with Crippen LogP contribution in [0.15, 0.2) is 48.7 Å². The molecule has 1 aliphatic carbocycles. The molecular formula is C17H11ClFN3O. The summed E-state index contributed by atoms with van der Waals surface area (Å²) in [6, 6.07) is 6.24. The average molecular weight is 328 g/mol. The number of aromatic hydroxyl groups is 1. The molecule has 2 aromatic heterocycles. The maximum Gasteiger partial charge on any atom is 0.219 e. The monoisotopic (exact) mass is 327 g/mol. The van der Waals surface area contributed by atoms with Gasteiger partial charge in [-0.15, -0.1) is 0 Å². The van der Waals surface area contributed by atoms with E-state index in [-0.39, 0.29) is 10.9 Å². The molecule has 0 unspecified atom stereocenters. The van der Waals surface area contributed by atoms with E-state index in [1.807, 2.05) is 18.2 Å². The molecule has 1 aliphatic rings. The number of rotatable bonds is 3. The molecule has 114 valence electrons. The van der Waals surface area contributed by atoms with Crippen LogP contribution in [0.3, 0.4) is 0 Å². The zero-order chi connectivity index (χ0) is 16.0. The first-order valence-corrected chi connectivity index (χ1v) is 7.39. The van der Waals surface area contributed by atoms with E-state index >= 15 is 0 Å². The summed E-state index contributed by atoms with van der Waals surface area (Å²) in [6.45, 7) is 0. The lowest BCUT2D eigenvalue weighted by Gasteiger charge is -2.15. The summed E-state index contributed by atoms with van der Waals surface area (Å²) in [4.78, 5) is 4.57. The third-order valence-electron chi connectivity index (χ3n) is 3.80. The van der Waals surface area contributed by atoms with Crippen LogP contribution in [0.5, 0.6) is 5.88 Å². The van der Waals surface area contributed by atoms with Gasteiger partial charge in [0, 0.05) is 23.6 Å². The van der Waals surface area contributed by atoms with Crippen molar-refractivity contribution in [3.63, 3.8) is 0 Å². The molecule has 0 aliphatic heterocycles. The van der Waals surface area contributed by atoms with Crippen molar-refractivity contribution in [2.75, 3.05) is 0 Å². The highest BCUT2D eigenvalue weighted by Gasteiger charge is 2.19. The Bertz CT molecular complexity index is 991. The molecule has 6 heteroatoms. The first kappa shape index (κ1) is 14.0. The van der Waals surface area contributed by atoms with Crippen molar-refractivity contribution in [2.24, 2.45) is 0 Å².